The largest absolute Gasteiger partial charge is 0.367 e. The summed E-state index contributed by atoms with van der Waals surface area (Å²) in [6, 6.07) is 10.9. The molecule has 5 nitrogen and oxygen atoms in total. The number of anilines is 1. The van der Waals surface area contributed by atoms with Crippen molar-refractivity contribution >= 4 is 16.9 Å². The van der Waals surface area contributed by atoms with E-state index >= 15 is 0 Å². The van der Waals surface area contributed by atoms with Gasteiger partial charge in [-0.05, 0) is 18.4 Å². The molecule has 24 heavy (non-hydrogen) atoms. The molecule has 1 fully saturated rings. The van der Waals surface area contributed by atoms with Crippen molar-refractivity contribution in [1.29, 1.82) is 0 Å². The molecule has 3 aromatic rings. The van der Waals surface area contributed by atoms with Crippen LogP contribution in [0.5, 0.6) is 0 Å². The van der Waals surface area contributed by atoms with Gasteiger partial charge in [-0.15, -0.1) is 0 Å². The molecule has 4 rings (SSSR count). The molecule has 5 heteroatoms. The van der Waals surface area contributed by atoms with Gasteiger partial charge in [0.25, 0.3) is 0 Å². The molecule has 0 amide bonds. The standard InChI is InChI=1S/C19H23N5/c1-2-7-11-16(10-6-1)23-18-17-12-22-24(19(17)21-14-20-18)13-15-8-4-3-5-9-15/h3-5,8-9,12,14,16H,1-2,6-7,10-11,13H2,(H,20,21,23). The summed E-state index contributed by atoms with van der Waals surface area (Å²) < 4.78 is 1.95. The van der Waals surface area contributed by atoms with Crippen LogP contribution in [0.3, 0.4) is 0 Å². The first kappa shape index (κ1) is 15.1. The highest BCUT2D eigenvalue weighted by Gasteiger charge is 2.16. The molecule has 1 aliphatic carbocycles. The molecular formula is C19H23N5. The number of hydrogen-bond donors (Lipinski definition) is 1. The molecule has 0 radical (unpaired) electrons. The molecule has 2 aromatic heterocycles. The lowest BCUT2D eigenvalue weighted by molar-refractivity contribution is 0.618. The molecular weight excluding hydrogens is 298 g/mol. The summed E-state index contributed by atoms with van der Waals surface area (Å²) in [5.74, 6) is 0.922. The highest BCUT2D eigenvalue weighted by molar-refractivity contribution is 5.86. The van der Waals surface area contributed by atoms with E-state index in [-0.39, 0.29) is 0 Å². The molecule has 0 saturated heterocycles. The fourth-order valence-corrected chi connectivity index (χ4v) is 3.50. The van der Waals surface area contributed by atoms with Gasteiger partial charge in [-0.1, -0.05) is 56.0 Å². The Morgan fingerprint density at radius 1 is 1.00 bits per heavy atom. The lowest BCUT2D eigenvalue weighted by Crippen LogP contribution is -2.19. The van der Waals surface area contributed by atoms with Crippen molar-refractivity contribution in [3.63, 3.8) is 0 Å². The van der Waals surface area contributed by atoms with Crippen LogP contribution in [0.25, 0.3) is 11.0 Å². The van der Waals surface area contributed by atoms with Gasteiger partial charge >= 0.3 is 0 Å². The topological polar surface area (TPSA) is 55.6 Å². The van der Waals surface area contributed by atoms with Crippen molar-refractivity contribution in [2.24, 2.45) is 0 Å². The monoisotopic (exact) mass is 321 g/mol. The molecule has 0 bridgehead atoms. The summed E-state index contributed by atoms with van der Waals surface area (Å²) in [7, 11) is 0. The van der Waals surface area contributed by atoms with Gasteiger partial charge in [0.15, 0.2) is 5.65 Å². The lowest BCUT2D eigenvalue weighted by atomic mass is 10.1. The van der Waals surface area contributed by atoms with Crippen molar-refractivity contribution in [3.05, 3.63) is 48.4 Å². The smallest absolute Gasteiger partial charge is 0.163 e. The van der Waals surface area contributed by atoms with Crippen LogP contribution in [0.4, 0.5) is 5.82 Å². The maximum atomic E-state index is 4.54. The normalized spacial score (nSPS) is 16.2. The van der Waals surface area contributed by atoms with Crippen LogP contribution in [0.15, 0.2) is 42.9 Å². The van der Waals surface area contributed by atoms with Crippen LogP contribution in [-0.2, 0) is 6.54 Å². The molecule has 1 saturated carbocycles. The number of aromatic nitrogens is 4. The quantitative estimate of drug-likeness (QED) is 0.738. The van der Waals surface area contributed by atoms with Gasteiger partial charge in [0.2, 0.25) is 0 Å². The second-order valence-electron chi connectivity index (χ2n) is 6.58. The second kappa shape index (κ2) is 6.99. The average Bonchev–Trinajstić information content (AvgIpc) is 2.85. The SMILES string of the molecule is c1ccc(Cn2ncc3c(NC4CCCCCC4)ncnc32)cc1. The third-order valence-electron chi connectivity index (χ3n) is 4.80. The minimum Gasteiger partial charge on any atom is -0.367 e. The van der Waals surface area contributed by atoms with Gasteiger partial charge < -0.3 is 5.32 Å². The Balaban J connectivity index is 1.59. The maximum Gasteiger partial charge on any atom is 0.163 e. The molecule has 1 aliphatic rings. The summed E-state index contributed by atoms with van der Waals surface area (Å²) in [6.07, 6.45) is 11.3. The third-order valence-corrected chi connectivity index (χ3v) is 4.80. The van der Waals surface area contributed by atoms with Crippen LogP contribution < -0.4 is 5.32 Å². The number of benzene rings is 1. The number of rotatable bonds is 4. The summed E-state index contributed by atoms with van der Waals surface area (Å²) in [5, 5.41) is 9.19. The first-order valence-corrected chi connectivity index (χ1v) is 8.87. The van der Waals surface area contributed by atoms with Crippen LogP contribution in [-0.4, -0.2) is 25.8 Å². The summed E-state index contributed by atoms with van der Waals surface area (Å²) in [4.78, 5) is 8.94. The van der Waals surface area contributed by atoms with Crippen molar-refractivity contribution < 1.29 is 0 Å². The van der Waals surface area contributed by atoms with Crippen LogP contribution >= 0.6 is 0 Å². The Labute approximate surface area is 142 Å². The Morgan fingerprint density at radius 3 is 2.58 bits per heavy atom. The Bertz CT molecular complexity index is 788. The van der Waals surface area contributed by atoms with Crippen LogP contribution in [0.1, 0.15) is 44.1 Å². The predicted molar refractivity (Wildman–Crippen MR) is 96.0 cm³/mol. The van der Waals surface area contributed by atoms with E-state index in [1.807, 2.05) is 16.9 Å². The van der Waals surface area contributed by atoms with E-state index in [0.29, 0.717) is 6.04 Å². The van der Waals surface area contributed by atoms with Crippen LogP contribution in [0.2, 0.25) is 0 Å². The molecule has 0 spiro atoms. The highest BCUT2D eigenvalue weighted by atomic mass is 15.3. The van der Waals surface area contributed by atoms with Crippen molar-refractivity contribution in [2.45, 2.75) is 51.1 Å². The first-order chi connectivity index (χ1) is 11.9. The van der Waals surface area contributed by atoms with E-state index in [4.69, 9.17) is 0 Å². The maximum absolute atomic E-state index is 4.54. The van der Waals surface area contributed by atoms with Crippen LogP contribution in [0, 0.1) is 0 Å². The molecule has 2 heterocycles. The predicted octanol–water partition coefficient (Wildman–Crippen LogP) is 4.01. The Morgan fingerprint density at radius 2 is 1.79 bits per heavy atom. The van der Waals surface area contributed by atoms with Gasteiger partial charge in [-0.3, -0.25) is 0 Å². The third kappa shape index (κ3) is 3.25. The Hall–Kier alpha value is -2.43. The fraction of sp³-hybridized carbons (Fsp3) is 0.421. The second-order valence-corrected chi connectivity index (χ2v) is 6.58. The number of hydrogen-bond acceptors (Lipinski definition) is 4. The van der Waals surface area contributed by atoms with E-state index in [1.165, 1.54) is 44.1 Å². The lowest BCUT2D eigenvalue weighted by Gasteiger charge is -2.17. The molecule has 124 valence electrons. The number of nitrogens with one attached hydrogen (secondary N) is 1. The van der Waals surface area contributed by atoms with Crippen molar-refractivity contribution in [1.82, 2.24) is 19.7 Å². The molecule has 1 N–H and O–H groups in total. The van der Waals surface area contributed by atoms with Gasteiger partial charge in [-0.25, -0.2) is 14.6 Å². The zero-order valence-electron chi connectivity index (χ0n) is 13.9. The van der Waals surface area contributed by atoms with Crippen molar-refractivity contribution in [2.75, 3.05) is 5.32 Å². The molecule has 0 unspecified atom stereocenters. The summed E-state index contributed by atoms with van der Waals surface area (Å²) in [5.41, 5.74) is 2.12. The summed E-state index contributed by atoms with van der Waals surface area (Å²) in [6.45, 7) is 0.726. The van der Waals surface area contributed by atoms with E-state index in [1.54, 1.807) is 6.33 Å². The van der Waals surface area contributed by atoms with Gasteiger partial charge in [0.05, 0.1) is 18.1 Å². The van der Waals surface area contributed by atoms with Crippen molar-refractivity contribution in [3.8, 4) is 0 Å². The van der Waals surface area contributed by atoms with Gasteiger partial charge in [0.1, 0.15) is 12.1 Å². The molecule has 0 aliphatic heterocycles. The Kier molecular flexibility index (Phi) is 4.40. The molecule has 1 aromatic carbocycles. The zero-order valence-corrected chi connectivity index (χ0v) is 13.9. The zero-order chi connectivity index (χ0) is 16.2. The van der Waals surface area contributed by atoms with E-state index < -0.39 is 0 Å². The highest BCUT2D eigenvalue weighted by Crippen LogP contribution is 2.24. The number of fused-ring (bicyclic) bond motifs is 1. The van der Waals surface area contributed by atoms with E-state index in [0.717, 1.165) is 23.4 Å². The minimum absolute atomic E-state index is 0.517. The van der Waals surface area contributed by atoms with E-state index in [9.17, 15) is 0 Å². The van der Waals surface area contributed by atoms with Gasteiger partial charge in [-0.2, -0.15) is 5.10 Å². The number of nitrogens with zero attached hydrogens (tertiary/aromatic N) is 4. The summed E-state index contributed by atoms with van der Waals surface area (Å²) >= 11 is 0. The fourth-order valence-electron chi connectivity index (χ4n) is 3.50. The molecule has 0 atom stereocenters. The van der Waals surface area contributed by atoms with Gasteiger partial charge in [0, 0.05) is 6.04 Å². The average molecular weight is 321 g/mol. The van der Waals surface area contributed by atoms with E-state index in [2.05, 4.69) is 44.6 Å². The minimum atomic E-state index is 0.517. The first-order valence-electron chi connectivity index (χ1n) is 8.87.